The topological polar surface area (TPSA) is 59.5 Å². The summed E-state index contributed by atoms with van der Waals surface area (Å²) in [6.45, 7) is 0. The lowest BCUT2D eigenvalue weighted by molar-refractivity contribution is 0.293. The van der Waals surface area contributed by atoms with Gasteiger partial charge in [0.15, 0.2) is 5.49 Å². The molecule has 5 heteroatoms. The zero-order valence-electron chi connectivity index (χ0n) is 6.35. The fourth-order valence-electron chi connectivity index (χ4n) is 0.789. The lowest BCUT2D eigenvalue weighted by Crippen LogP contribution is -2.36. The van der Waals surface area contributed by atoms with Gasteiger partial charge in [-0.2, -0.15) is 0 Å². The van der Waals surface area contributed by atoms with E-state index in [0.29, 0.717) is 0 Å². The number of nitrogens with zero attached hydrogens (tertiary/aromatic N) is 3. The maximum absolute atomic E-state index is 11.1. The molecule has 1 N–H and O–H groups in total. The van der Waals surface area contributed by atoms with Gasteiger partial charge in [0, 0.05) is 26.4 Å². The number of aryl methyl sites for hydroxylation is 1. The minimum atomic E-state index is -0.222. The third-order valence-corrected chi connectivity index (χ3v) is 1.48. The summed E-state index contributed by atoms with van der Waals surface area (Å²) in [7, 11) is 3.17. The van der Waals surface area contributed by atoms with Crippen molar-refractivity contribution in [2.24, 2.45) is 19.3 Å². The maximum atomic E-state index is 11.1. The van der Waals surface area contributed by atoms with Crippen LogP contribution in [0.2, 0.25) is 0 Å². The molecule has 1 aromatic heterocycles. The molecule has 5 nitrogen and oxygen atoms in total. The average molecular weight is 155 g/mol. The summed E-state index contributed by atoms with van der Waals surface area (Å²) in [5, 5.41) is 11.3. The van der Waals surface area contributed by atoms with Crippen molar-refractivity contribution < 1.29 is 5.21 Å². The summed E-state index contributed by atoms with van der Waals surface area (Å²) in [6.07, 6.45) is 1.54. The molecule has 0 aliphatic carbocycles. The van der Waals surface area contributed by atoms with Crippen LogP contribution < -0.4 is 11.2 Å². The predicted octanol–water partition coefficient (Wildman–Crippen LogP) is -0.986. The van der Waals surface area contributed by atoms with Crippen molar-refractivity contribution in [2.75, 3.05) is 0 Å². The zero-order chi connectivity index (χ0) is 8.43. The SMILES string of the molecule is Cn1cc/c(=N\O)n(C)c1=O. The molecule has 0 spiro atoms. The minimum absolute atomic E-state index is 0.222. The van der Waals surface area contributed by atoms with Crippen LogP contribution in [0, 0.1) is 0 Å². The Morgan fingerprint density at radius 1 is 1.55 bits per heavy atom. The second-order valence-electron chi connectivity index (χ2n) is 2.23. The third kappa shape index (κ3) is 1.17. The summed E-state index contributed by atoms with van der Waals surface area (Å²) in [6, 6.07) is 1.54. The van der Waals surface area contributed by atoms with Crippen molar-refractivity contribution in [2.45, 2.75) is 0 Å². The van der Waals surface area contributed by atoms with Crippen molar-refractivity contribution in [3.05, 3.63) is 28.2 Å². The van der Waals surface area contributed by atoms with Gasteiger partial charge in [0.1, 0.15) is 0 Å². The van der Waals surface area contributed by atoms with Crippen molar-refractivity contribution >= 4 is 0 Å². The first-order chi connectivity index (χ1) is 5.16. The molecule has 0 amide bonds. The second-order valence-corrected chi connectivity index (χ2v) is 2.23. The molecule has 0 unspecified atom stereocenters. The molecule has 0 atom stereocenters. The van der Waals surface area contributed by atoms with Crippen molar-refractivity contribution in [1.29, 1.82) is 0 Å². The monoisotopic (exact) mass is 155 g/mol. The molecule has 60 valence electrons. The lowest BCUT2D eigenvalue weighted by atomic mass is 10.6. The Morgan fingerprint density at radius 3 is 2.73 bits per heavy atom. The van der Waals surface area contributed by atoms with Gasteiger partial charge in [0.25, 0.3) is 0 Å². The van der Waals surface area contributed by atoms with Crippen LogP contribution in [0.15, 0.2) is 22.2 Å². The number of hydrogen-bond acceptors (Lipinski definition) is 3. The van der Waals surface area contributed by atoms with Gasteiger partial charge in [-0.1, -0.05) is 5.16 Å². The Labute approximate surface area is 62.8 Å². The van der Waals surface area contributed by atoms with Gasteiger partial charge in [0.2, 0.25) is 0 Å². The van der Waals surface area contributed by atoms with E-state index >= 15 is 0 Å². The molecule has 0 aromatic carbocycles. The summed E-state index contributed by atoms with van der Waals surface area (Å²) < 4.78 is 2.65. The van der Waals surface area contributed by atoms with Crippen LogP contribution in [0.1, 0.15) is 0 Å². The van der Waals surface area contributed by atoms with Gasteiger partial charge in [0.05, 0.1) is 0 Å². The van der Waals surface area contributed by atoms with Gasteiger partial charge in [-0.05, 0) is 0 Å². The van der Waals surface area contributed by atoms with E-state index in [9.17, 15) is 4.79 Å². The highest BCUT2D eigenvalue weighted by Crippen LogP contribution is 1.67. The molecule has 0 saturated heterocycles. The molecule has 0 bridgehead atoms. The van der Waals surface area contributed by atoms with E-state index in [1.807, 2.05) is 0 Å². The van der Waals surface area contributed by atoms with Crippen molar-refractivity contribution in [3.8, 4) is 0 Å². The first-order valence-electron chi connectivity index (χ1n) is 3.07. The summed E-state index contributed by atoms with van der Waals surface area (Å²) >= 11 is 0. The van der Waals surface area contributed by atoms with Crippen LogP contribution in [0.4, 0.5) is 0 Å². The fourth-order valence-corrected chi connectivity index (χ4v) is 0.789. The van der Waals surface area contributed by atoms with Crippen LogP contribution in [-0.4, -0.2) is 14.3 Å². The van der Waals surface area contributed by atoms with Crippen molar-refractivity contribution in [3.63, 3.8) is 0 Å². The van der Waals surface area contributed by atoms with Gasteiger partial charge < -0.3 is 9.77 Å². The summed E-state index contributed by atoms with van der Waals surface area (Å²) in [4.78, 5) is 11.1. The summed E-state index contributed by atoms with van der Waals surface area (Å²) in [5.74, 6) is 0. The van der Waals surface area contributed by atoms with Crippen LogP contribution in [0.3, 0.4) is 0 Å². The van der Waals surface area contributed by atoms with Crippen LogP contribution in [0.25, 0.3) is 0 Å². The molecule has 0 radical (unpaired) electrons. The van der Waals surface area contributed by atoms with Gasteiger partial charge >= 0.3 is 5.69 Å². The molecule has 11 heavy (non-hydrogen) atoms. The number of aromatic nitrogens is 2. The Hall–Kier alpha value is -1.52. The van der Waals surface area contributed by atoms with Crippen LogP contribution in [-0.2, 0) is 14.1 Å². The molecule has 1 heterocycles. The highest BCUT2D eigenvalue weighted by atomic mass is 16.4. The van der Waals surface area contributed by atoms with E-state index in [4.69, 9.17) is 5.21 Å². The zero-order valence-corrected chi connectivity index (χ0v) is 6.35. The highest BCUT2D eigenvalue weighted by molar-refractivity contribution is 4.82. The molecule has 0 aliphatic heterocycles. The van der Waals surface area contributed by atoms with Crippen molar-refractivity contribution in [1.82, 2.24) is 9.13 Å². The lowest BCUT2D eigenvalue weighted by Gasteiger charge is -1.99. The Bertz CT molecular complexity index is 374. The van der Waals surface area contributed by atoms with E-state index in [0.717, 1.165) is 0 Å². The van der Waals surface area contributed by atoms with Gasteiger partial charge in [-0.15, -0.1) is 0 Å². The average Bonchev–Trinajstić information content (AvgIpc) is 2.01. The minimum Gasteiger partial charge on any atom is -0.409 e. The molecule has 1 rings (SSSR count). The fraction of sp³-hybridized carbons (Fsp3) is 0.333. The quantitative estimate of drug-likeness (QED) is 0.386. The maximum Gasteiger partial charge on any atom is 0.329 e. The first-order valence-corrected chi connectivity index (χ1v) is 3.07. The third-order valence-electron chi connectivity index (χ3n) is 1.48. The molecule has 0 saturated carbocycles. The molecule has 0 fully saturated rings. The van der Waals surface area contributed by atoms with Crippen LogP contribution in [0.5, 0.6) is 0 Å². The molecule has 1 aromatic rings. The normalized spacial score (nSPS) is 12.0. The van der Waals surface area contributed by atoms with E-state index in [2.05, 4.69) is 5.16 Å². The van der Waals surface area contributed by atoms with E-state index < -0.39 is 0 Å². The second kappa shape index (κ2) is 2.61. The van der Waals surface area contributed by atoms with Crippen LogP contribution >= 0.6 is 0 Å². The van der Waals surface area contributed by atoms with E-state index in [1.54, 1.807) is 13.1 Å². The Morgan fingerprint density at radius 2 is 2.18 bits per heavy atom. The Kier molecular flexibility index (Phi) is 1.80. The molecular formula is C6H9N3O2. The van der Waals surface area contributed by atoms with Gasteiger partial charge in [-0.3, -0.25) is 4.57 Å². The predicted molar refractivity (Wildman–Crippen MR) is 38.0 cm³/mol. The van der Waals surface area contributed by atoms with E-state index in [1.165, 1.54) is 22.4 Å². The Balaban J connectivity index is 3.64. The molecule has 0 aliphatic rings. The number of hydrogen-bond donors (Lipinski definition) is 1. The first kappa shape index (κ1) is 7.59. The largest absolute Gasteiger partial charge is 0.409 e. The number of rotatable bonds is 0. The van der Waals surface area contributed by atoms with Gasteiger partial charge in [-0.25, -0.2) is 4.79 Å². The molecular weight excluding hydrogens is 146 g/mol. The highest BCUT2D eigenvalue weighted by Gasteiger charge is 1.93. The smallest absolute Gasteiger partial charge is 0.329 e. The standard InChI is InChI=1S/C6H9N3O2/c1-8-4-3-5(7-11)9(2)6(8)10/h3-4,11H,1-2H3/b7-5+. The van der Waals surface area contributed by atoms with E-state index in [-0.39, 0.29) is 11.2 Å². The summed E-state index contributed by atoms with van der Waals surface area (Å²) in [5.41, 5.74) is 0.0217.